The molecule has 1 aliphatic rings. The van der Waals surface area contributed by atoms with Crippen LogP contribution in [-0.4, -0.2) is 36.9 Å². The second kappa shape index (κ2) is 7.96. The number of likely N-dealkylation sites (tertiary alicyclic amines) is 1. The van der Waals surface area contributed by atoms with Gasteiger partial charge in [-0.1, -0.05) is 39.3 Å². The third-order valence-corrected chi connectivity index (χ3v) is 4.32. The van der Waals surface area contributed by atoms with Crippen molar-refractivity contribution in [1.29, 1.82) is 0 Å². The maximum Gasteiger partial charge on any atom is 0.180 e. The number of carbonyl (C=O) groups is 1. The largest absolute Gasteiger partial charge is 0.493 e. The summed E-state index contributed by atoms with van der Waals surface area (Å²) in [6.07, 6.45) is 1.26. The molecule has 0 amide bonds. The van der Waals surface area contributed by atoms with Crippen molar-refractivity contribution < 1.29 is 9.53 Å². The van der Waals surface area contributed by atoms with E-state index in [-0.39, 0.29) is 5.78 Å². The molecule has 1 aromatic rings. The summed E-state index contributed by atoms with van der Waals surface area (Å²) in [6, 6.07) is 5.92. The van der Waals surface area contributed by atoms with E-state index in [0.717, 1.165) is 30.0 Å². The molecule has 23 heavy (non-hydrogen) atoms. The molecule has 0 aliphatic carbocycles. The molecule has 1 saturated heterocycles. The van der Waals surface area contributed by atoms with Gasteiger partial charge in [0.05, 0.1) is 18.7 Å². The number of Topliss-reactive ketones (excluding diaryl/α,β-unsaturated/α-hetero) is 1. The van der Waals surface area contributed by atoms with Crippen LogP contribution < -0.4 is 4.74 Å². The van der Waals surface area contributed by atoms with Crippen LogP contribution in [0.3, 0.4) is 0 Å². The van der Waals surface area contributed by atoms with Crippen LogP contribution in [0.15, 0.2) is 18.2 Å². The zero-order chi connectivity index (χ0) is 17.0. The number of carbonyl (C=O) groups excluding carboxylic acids is 1. The molecule has 1 aromatic carbocycles. The third kappa shape index (κ3) is 5.35. The Labute approximate surface area is 141 Å². The summed E-state index contributed by atoms with van der Waals surface area (Å²) in [6.45, 7) is 14.0. The monoisotopic (exact) mass is 317 g/mol. The van der Waals surface area contributed by atoms with Gasteiger partial charge in [0, 0.05) is 13.1 Å². The van der Waals surface area contributed by atoms with E-state index in [1.165, 1.54) is 6.42 Å². The molecule has 0 spiro atoms. The van der Waals surface area contributed by atoms with Crippen LogP contribution in [0, 0.1) is 24.7 Å². The van der Waals surface area contributed by atoms with Gasteiger partial charge >= 0.3 is 0 Å². The number of nitrogens with zero attached hydrogens (tertiary/aromatic N) is 1. The fourth-order valence-electron chi connectivity index (χ4n) is 3.45. The molecular weight excluding hydrogens is 286 g/mol. The highest BCUT2D eigenvalue weighted by molar-refractivity contribution is 6.00. The predicted molar refractivity (Wildman–Crippen MR) is 95.2 cm³/mol. The van der Waals surface area contributed by atoms with Crippen LogP contribution in [0.5, 0.6) is 5.75 Å². The molecule has 128 valence electrons. The quantitative estimate of drug-likeness (QED) is 0.737. The van der Waals surface area contributed by atoms with E-state index in [2.05, 4.69) is 32.6 Å². The number of hydrogen-bond donors (Lipinski definition) is 0. The molecule has 0 N–H and O–H groups in total. The topological polar surface area (TPSA) is 29.5 Å². The highest BCUT2D eigenvalue weighted by Crippen LogP contribution is 2.24. The van der Waals surface area contributed by atoms with Crippen molar-refractivity contribution in [2.75, 3.05) is 26.2 Å². The molecular formula is C20H31NO2. The lowest BCUT2D eigenvalue weighted by Gasteiger charge is -2.34. The van der Waals surface area contributed by atoms with E-state index in [1.54, 1.807) is 0 Å². The van der Waals surface area contributed by atoms with Crippen LogP contribution >= 0.6 is 0 Å². The zero-order valence-electron chi connectivity index (χ0n) is 15.3. The molecule has 0 bridgehead atoms. The summed E-state index contributed by atoms with van der Waals surface area (Å²) in [5, 5.41) is 0. The zero-order valence-corrected chi connectivity index (χ0v) is 15.3. The van der Waals surface area contributed by atoms with Crippen molar-refractivity contribution in [3.63, 3.8) is 0 Å². The van der Waals surface area contributed by atoms with Gasteiger partial charge in [0.2, 0.25) is 0 Å². The van der Waals surface area contributed by atoms with E-state index < -0.39 is 0 Å². The average Bonchev–Trinajstić information content (AvgIpc) is 2.44. The second-order valence-electron chi connectivity index (χ2n) is 7.77. The average molecular weight is 317 g/mol. The van der Waals surface area contributed by atoms with Crippen molar-refractivity contribution >= 4 is 5.78 Å². The first kappa shape index (κ1) is 18.0. The Balaban J connectivity index is 2.09. The van der Waals surface area contributed by atoms with Crippen LogP contribution in [0.1, 0.15) is 50.0 Å². The lowest BCUT2D eigenvalue weighted by Crippen LogP contribution is -2.41. The molecule has 0 saturated carbocycles. The van der Waals surface area contributed by atoms with E-state index in [1.807, 2.05) is 25.1 Å². The SMILES string of the molecule is Cc1ccc(OCC(C)C)c(C(=O)CN2CC(C)CC(C)C2)c1. The molecule has 2 unspecified atom stereocenters. The summed E-state index contributed by atoms with van der Waals surface area (Å²) in [7, 11) is 0. The number of rotatable bonds is 6. The molecule has 2 rings (SSSR count). The molecule has 2 atom stereocenters. The number of ketones is 1. The summed E-state index contributed by atoms with van der Waals surface area (Å²) in [5.41, 5.74) is 1.84. The molecule has 1 heterocycles. The van der Waals surface area contributed by atoms with Crippen molar-refractivity contribution in [3.8, 4) is 5.75 Å². The predicted octanol–water partition coefficient (Wildman–Crippen LogP) is 4.19. The van der Waals surface area contributed by atoms with Crippen LogP contribution in [0.4, 0.5) is 0 Å². The summed E-state index contributed by atoms with van der Waals surface area (Å²) < 4.78 is 5.87. The highest BCUT2D eigenvalue weighted by Gasteiger charge is 2.24. The number of hydrogen-bond acceptors (Lipinski definition) is 3. The maximum atomic E-state index is 12.8. The van der Waals surface area contributed by atoms with Gasteiger partial charge < -0.3 is 4.74 Å². The summed E-state index contributed by atoms with van der Waals surface area (Å²) in [4.78, 5) is 15.1. The van der Waals surface area contributed by atoms with Gasteiger partial charge in [0.1, 0.15) is 5.75 Å². The Hall–Kier alpha value is -1.35. The maximum absolute atomic E-state index is 12.8. The number of ether oxygens (including phenoxy) is 1. The minimum atomic E-state index is 0.175. The minimum absolute atomic E-state index is 0.175. The van der Waals surface area contributed by atoms with Gasteiger partial charge in [-0.2, -0.15) is 0 Å². The molecule has 3 heteroatoms. The van der Waals surface area contributed by atoms with Gasteiger partial charge in [0.25, 0.3) is 0 Å². The number of benzene rings is 1. The lowest BCUT2D eigenvalue weighted by molar-refractivity contribution is 0.0845. The van der Waals surface area contributed by atoms with Crippen molar-refractivity contribution in [2.45, 2.75) is 41.0 Å². The van der Waals surface area contributed by atoms with Crippen LogP contribution in [0.25, 0.3) is 0 Å². The first-order valence-corrected chi connectivity index (χ1v) is 8.84. The first-order valence-electron chi connectivity index (χ1n) is 8.84. The molecule has 0 aromatic heterocycles. The van der Waals surface area contributed by atoms with Gasteiger partial charge in [-0.05, 0) is 43.2 Å². The Morgan fingerprint density at radius 3 is 2.52 bits per heavy atom. The van der Waals surface area contributed by atoms with Gasteiger partial charge in [-0.3, -0.25) is 9.69 Å². The standard InChI is InChI=1S/C20H31NO2/c1-14(2)13-23-20-7-6-15(3)9-18(20)19(22)12-21-10-16(4)8-17(5)11-21/h6-7,9,14,16-17H,8,10-13H2,1-5H3. The summed E-state index contributed by atoms with van der Waals surface area (Å²) >= 11 is 0. The minimum Gasteiger partial charge on any atom is -0.493 e. The summed E-state index contributed by atoms with van der Waals surface area (Å²) in [5.74, 6) is 2.69. The Bertz CT molecular complexity index is 528. The van der Waals surface area contributed by atoms with Crippen LogP contribution in [0.2, 0.25) is 0 Å². The highest BCUT2D eigenvalue weighted by atomic mass is 16.5. The van der Waals surface area contributed by atoms with Crippen molar-refractivity contribution in [3.05, 3.63) is 29.3 Å². The van der Waals surface area contributed by atoms with E-state index in [9.17, 15) is 4.79 Å². The fraction of sp³-hybridized carbons (Fsp3) is 0.650. The number of piperidine rings is 1. The van der Waals surface area contributed by atoms with Gasteiger partial charge in [-0.15, -0.1) is 0 Å². The second-order valence-corrected chi connectivity index (χ2v) is 7.77. The molecule has 3 nitrogen and oxygen atoms in total. The Morgan fingerprint density at radius 2 is 1.91 bits per heavy atom. The van der Waals surface area contributed by atoms with Gasteiger partial charge in [0.15, 0.2) is 5.78 Å². The fourth-order valence-corrected chi connectivity index (χ4v) is 3.45. The molecule has 1 fully saturated rings. The van der Waals surface area contributed by atoms with E-state index >= 15 is 0 Å². The molecule has 1 aliphatic heterocycles. The van der Waals surface area contributed by atoms with Crippen LogP contribution in [-0.2, 0) is 0 Å². The van der Waals surface area contributed by atoms with E-state index in [4.69, 9.17) is 4.74 Å². The Kier molecular flexibility index (Phi) is 6.23. The first-order chi connectivity index (χ1) is 10.8. The third-order valence-electron chi connectivity index (χ3n) is 4.32. The van der Waals surface area contributed by atoms with E-state index in [0.29, 0.717) is 30.9 Å². The lowest BCUT2D eigenvalue weighted by atomic mass is 9.91. The van der Waals surface area contributed by atoms with Gasteiger partial charge in [-0.25, -0.2) is 0 Å². The van der Waals surface area contributed by atoms with Crippen molar-refractivity contribution in [2.24, 2.45) is 17.8 Å². The smallest absolute Gasteiger partial charge is 0.180 e. The Morgan fingerprint density at radius 1 is 1.26 bits per heavy atom. The number of aryl methyl sites for hydroxylation is 1. The van der Waals surface area contributed by atoms with Crippen molar-refractivity contribution in [1.82, 2.24) is 4.90 Å². The molecule has 0 radical (unpaired) electrons. The normalized spacial score (nSPS) is 22.3.